The van der Waals surface area contributed by atoms with Gasteiger partial charge in [0.25, 0.3) is 0 Å². The van der Waals surface area contributed by atoms with Crippen LogP contribution in [0.4, 0.5) is 0 Å². The standard InChI is InChI=1S/C23H29ClN2O3/c1-16(2)14-25-23(28)17(3)26(15-19-7-11-21(29-4)12-8-19)22(27)13-18-5-9-20(24)10-6-18/h5-12,16-17H,13-15H2,1-4H3,(H,25,28)/t17-/m1/s1. The van der Waals surface area contributed by atoms with Crippen molar-refractivity contribution in [2.45, 2.75) is 39.8 Å². The van der Waals surface area contributed by atoms with Gasteiger partial charge in [0.2, 0.25) is 11.8 Å². The molecule has 1 atom stereocenters. The third-order valence-corrected chi connectivity index (χ3v) is 4.88. The van der Waals surface area contributed by atoms with Crippen molar-refractivity contribution in [2.75, 3.05) is 13.7 Å². The molecule has 0 bridgehead atoms. The first-order chi connectivity index (χ1) is 13.8. The molecule has 0 aliphatic heterocycles. The van der Waals surface area contributed by atoms with E-state index in [9.17, 15) is 9.59 Å². The van der Waals surface area contributed by atoms with Gasteiger partial charge in [-0.2, -0.15) is 0 Å². The summed E-state index contributed by atoms with van der Waals surface area (Å²) in [7, 11) is 1.61. The average Bonchev–Trinajstić information content (AvgIpc) is 2.71. The average molecular weight is 417 g/mol. The van der Waals surface area contributed by atoms with Crippen LogP contribution in [0.15, 0.2) is 48.5 Å². The van der Waals surface area contributed by atoms with E-state index < -0.39 is 6.04 Å². The van der Waals surface area contributed by atoms with Gasteiger partial charge in [-0.15, -0.1) is 0 Å². The van der Waals surface area contributed by atoms with E-state index in [1.807, 2.05) is 50.2 Å². The fourth-order valence-electron chi connectivity index (χ4n) is 2.84. The van der Waals surface area contributed by atoms with Crippen LogP contribution in [0.2, 0.25) is 5.02 Å². The molecule has 0 radical (unpaired) electrons. The highest BCUT2D eigenvalue weighted by atomic mass is 35.5. The maximum absolute atomic E-state index is 13.1. The lowest BCUT2D eigenvalue weighted by Crippen LogP contribution is -2.48. The molecule has 2 aromatic carbocycles. The number of hydrogen-bond donors (Lipinski definition) is 1. The SMILES string of the molecule is COc1ccc(CN(C(=O)Cc2ccc(Cl)cc2)[C@H](C)C(=O)NCC(C)C)cc1. The second-order valence-electron chi connectivity index (χ2n) is 7.49. The van der Waals surface area contributed by atoms with Gasteiger partial charge < -0.3 is 15.0 Å². The summed E-state index contributed by atoms with van der Waals surface area (Å²) in [5, 5.41) is 3.55. The van der Waals surface area contributed by atoms with E-state index in [2.05, 4.69) is 5.32 Å². The van der Waals surface area contributed by atoms with Crippen LogP contribution in [-0.2, 0) is 22.6 Å². The smallest absolute Gasteiger partial charge is 0.242 e. The van der Waals surface area contributed by atoms with Gasteiger partial charge in [0.05, 0.1) is 13.5 Å². The summed E-state index contributed by atoms with van der Waals surface area (Å²) in [6.07, 6.45) is 0.203. The first kappa shape index (κ1) is 22.8. The van der Waals surface area contributed by atoms with Gasteiger partial charge in [0.15, 0.2) is 0 Å². The van der Waals surface area contributed by atoms with Crippen molar-refractivity contribution >= 4 is 23.4 Å². The summed E-state index contributed by atoms with van der Waals surface area (Å²) >= 11 is 5.94. The van der Waals surface area contributed by atoms with Crippen LogP contribution in [0, 0.1) is 5.92 Å². The monoisotopic (exact) mass is 416 g/mol. The topological polar surface area (TPSA) is 58.6 Å². The van der Waals surface area contributed by atoms with Crippen LogP contribution < -0.4 is 10.1 Å². The highest BCUT2D eigenvalue weighted by Crippen LogP contribution is 2.17. The second-order valence-corrected chi connectivity index (χ2v) is 7.92. The molecule has 0 spiro atoms. The number of nitrogens with zero attached hydrogens (tertiary/aromatic N) is 1. The summed E-state index contributed by atoms with van der Waals surface area (Å²) in [4.78, 5) is 27.4. The first-order valence-electron chi connectivity index (χ1n) is 9.74. The van der Waals surface area contributed by atoms with Crippen molar-refractivity contribution < 1.29 is 14.3 Å². The molecule has 0 aliphatic rings. The molecule has 0 aliphatic carbocycles. The molecule has 5 nitrogen and oxygen atoms in total. The van der Waals surface area contributed by atoms with E-state index in [1.54, 1.807) is 31.1 Å². The van der Waals surface area contributed by atoms with Crippen LogP contribution in [0.1, 0.15) is 31.9 Å². The fraction of sp³-hybridized carbons (Fsp3) is 0.391. The predicted molar refractivity (Wildman–Crippen MR) is 116 cm³/mol. The quantitative estimate of drug-likeness (QED) is 0.670. The molecule has 2 amide bonds. The number of amides is 2. The number of carbonyl (C=O) groups is 2. The highest BCUT2D eigenvalue weighted by molar-refractivity contribution is 6.30. The Labute approximate surface area is 178 Å². The molecule has 156 valence electrons. The predicted octanol–water partition coefficient (Wildman–Crippen LogP) is 4.08. The van der Waals surface area contributed by atoms with Crippen molar-refractivity contribution in [2.24, 2.45) is 5.92 Å². The van der Waals surface area contributed by atoms with E-state index in [0.29, 0.717) is 24.0 Å². The molecular formula is C23H29ClN2O3. The minimum Gasteiger partial charge on any atom is -0.497 e. The number of benzene rings is 2. The van der Waals surface area contributed by atoms with Crippen LogP contribution in [0.25, 0.3) is 0 Å². The van der Waals surface area contributed by atoms with E-state index in [1.165, 1.54) is 0 Å². The van der Waals surface area contributed by atoms with Crippen LogP contribution >= 0.6 is 11.6 Å². The minimum atomic E-state index is -0.587. The lowest BCUT2D eigenvalue weighted by Gasteiger charge is -2.29. The van der Waals surface area contributed by atoms with Gasteiger partial charge in [-0.05, 0) is 48.2 Å². The Balaban J connectivity index is 2.18. The van der Waals surface area contributed by atoms with E-state index >= 15 is 0 Å². The molecule has 29 heavy (non-hydrogen) atoms. The minimum absolute atomic E-state index is 0.115. The Morgan fingerprint density at radius 3 is 2.14 bits per heavy atom. The molecule has 0 saturated heterocycles. The van der Waals surface area contributed by atoms with Crippen molar-refractivity contribution in [3.8, 4) is 5.75 Å². The number of halogens is 1. The van der Waals surface area contributed by atoms with Crippen molar-refractivity contribution in [1.82, 2.24) is 10.2 Å². The third-order valence-electron chi connectivity index (χ3n) is 4.63. The third kappa shape index (κ3) is 7.09. The molecule has 0 saturated carbocycles. The van der Waals surface area contributed by atoms with Gasteiger partial charge in [-0.3, -0.25) is 9.59 Å². The normalized spacial score (nSPS) is 11.8. The molecule has 0 heterocycles. The molecule has 1 N–H and O–H groups in total. The maximum Gasteiger partial charge on any atom is 0.242 e. The molecule has 0 unspecified atom stereocenters. The lowest BCUT2D eigenvalue weighted by atomic mass is 10.1. The lowest BCUT2D eigenvalue weighted by molar-refractivity contribution is -0.140. The molecule has 2 rings (SSSR count). The zero-order valence-corrected chi connectivity index (χ0v) is 18.2. The Morgan fingerprint density at radius 2 is 1.59 bits per heavy atom. The maximum atomic E-state index is 13.1. The molecule has 2 aromatic rings. The van der Waals surface area contributed by atoms with Crippen LogP contribution in [0.3, 0.4) is 0 Å². The number of hydrogen-bond acceptors (Lipinski definition) is 3. The zero-order chi connectivity index (χ0) is 21.4. The molecule has 0 aromatic heterocycles. The van der Waals surface area contributed by atoms with Gasteiger partial charge in [0.1, 0.15) is 11.8 Å². The summed E-state index contributed by atoms with van der Waals surface area (Å²) in [5.41, 5.74) is 1.78. The largest absolute Gasteiger partial charge is 0.497 e. The highest BCUT2D eigenvalue weighted by Gasteiger charge is 2.26. The number of methoxy groups -OCH3 is 1. The molecular weight excluding hydrogens is 388 g/mol. The van der Waals surface area contributed by atoms with Crippen LogP contribution in [-0.4, -0.2) is 36.4 Å². The fourth-order valence-corrected chi connectivity index (χ4v) is 2.97. The summed E-state index contributed by atoms with van der Waals surface area (Å²) in [6, 6.07) is 14.1. The Bertz CT molecular complexity index is 804. The van der Waals surface area contributed by atoms with Crippen molar-refractivity contribution in [3.63, 3.8) is 0 Å². The van der Waals surface area contributed by atoms with Gasteiger partial charge >= 0.3 is 0 Å². The van der Waals surface area contributed by atoms with Crippen molar-refractivity contribution in [3.05, 3.63) is 64.7 Å². The number of ether oxygens (including phenoxy) is 1. The molecule has 0 fully saturated rings. The Hall–Kier alpha value is -2.53. The van der Waals surface area contributed by atoms with Gasteiger partial charge in [-0.25, -0.2) is 0 Å². The zero-order valence-electron chi connectivity index (χ0n) is 17.4. The summed E-state index contributed by atoms with van der Waals surface area (Å²) in [6.45, 7) is 6.74. The van der Waals surface area contributed by atoms with E-state index in [4.69, 9.17) is 16.3 Å². The number of nitrogens with one attached hydrogen (secondary N) is 1. The number of carbonyl (C=O) groups excluding carboxylic acids is 2. The van der Waals surface area contributed by atoms with Gasteiger partial charge in [0, 0.05) is 18.1 Å². The van der Waals surface area contributed by atoms with E-state index in [0.717, 1.165) is 16.9 Å². The summed E-state index contributed by atoms with van der Waals surface area (Å²) < 4.78 is 5.19. The second kappa shape index (κ2) is 10.9. The first-order valence-corrected chi connectivity index (χ1v) is 10.1. The number of rotatable bonds is 9. The van der Waals surface area contributed by atoms with E-state index in [-0.39, 0.29) is 18.2 Å². The Kier molecular flexibility index (Phi) is 8.52. The Morgan fingerprint density at radius 1 is 1.00 bits per heavy atom. The molecule has 6 heteroatoms. The van der Waals surface area contributed by atoms with Gasteiger partial charge in [-0.1, -0.05) is 49.7 Å². The van der Waals surface area contributed by atoms with Crippen molar-refractivity contribution in [1.29, 1.82) is 0 Å². The van der Waals surface area contributed by atoms with Crippen LogP contribution in [0.5, 0.6) is 5.75 Å². The summed E-state index contributed by atoms with van der Waals surface area (Å²) in [5.74, 6) is 0.813.